The number of benzene rings is 1. The average molecular weight is 415 g/mol. The van der Waals surface area contributed by atoms with E-state index in [1.165, 1.54) is 31.2 Å². The van der Waals surface area contributed by atoms with Gasteiger partial charge in [-0.05, 0) is 75.0 Å². The first-order chi connectivity index (χ1) is 15.2. The molecular weight excluding hydrogens is 384 g/mol. The van der Waals surface area contributed by atoms with Crippen molar-refractivity contribution in [2.24, 2.45) is 5.92 Å². The molecular formula is C26H30N4O. The number of rotatable bonds is 5. The van der Waals surface area contributed by atoms with Crippen LogP contribution in [0, 0.1) is 5.92 Å². The molecule has 0 atom stereocenters. The maximum atomic E-state index is 12.8. The van der Waals surface area contributed by atoms with Gasteiger partial charge in [0.25, 0.3) is 0 Å². The maximum Gasteiger partial charge on any atom is 0.143 e. The second-order valence-corrected chi connectivity index (χ2v) is 9.27. The van der Waals surface area contributed by atoms with Crippen LogP contribution >= 0.6 is 0 Å². The van der Waals surface area contributed by atoms with E-state index in [2.05, 4.69) is 46.2 Å². The van der Waals surface area contributed by atoms with Crippen molar-refractivity contribution >= 4 is 16.7 Å². The van der Waals surface area contributed by atoms with Crippen LogP contribution in [0.4, 0.5) is 0 Å². The van der Waals surface area contributed by atoms with Gasteiger partial charge in [0.2, 0.25) is 0 Å². The SMILES string of the molecule is CN1CCC(C(=O)Cc2ncc3ccc(-c4cncc(C5CCCC5)c4)cc3n2)CC1. The van der Waals surface area contributed by atoms with Gasteiger partial charge in [0.05, 0.1) is 11.9 Å². The van der Waals surface area contributed by atoms with Crippen molar-refractivity contribution in [2.45, 2.75) is 50.9 Å². The summed E-state index contributed by atoms with van der Waals surface area (Å²) in [5, 5.41) is 0.999. The number of carbonyl (C=O) groups excluding carboxylic acids is 1. The van der Waals surface area contributed by atoms with Gasteiger partial charge in [0.15, 0.2) is 0 Å². The number of aromatic nitrogens is 3. The fraction of sp³-hybridized carbons (Fsp3) is 0.462. The van der Waals surface area contributed by atoms with E-state index in [-0.39, 0.29) is 11.7 Å². The third kappa shape index (κ3) is 4.52. The zero-order chi connectivity index (χ0) is 21.2. The Balaban J connectivity index is 1.37. The molecule has 2 aromatic heterocycles. The highest BCUT2D eigenvalue weighted by atomic mass is 16.1. The number of hydrogen-bond acceptors (Lipinski definition) is 5. The summed E-state index contributed by atoms with van der Waals surface area (Å²) in [5.74, 6) is 1.70. The molecule has 160 valence electrons. The van der Waals surface area contributed by atoms with Gasteiger partial charge in [-0.25, -0.2) is 9.97 Å². The number of fused-ring (bicyclic) bond motifs is 1. The summed E-state index contributed by atoms with van der Waals surface area (Å²) in [5.41, 5.74) is 4.49. The van der Waals surface area contributed by atoms with Crippen molar-refractivity contribution in [3.05, 3.63) is 54.2 Å². The van der Waals surface area contributed by atoms with Crippen LogP contribution in [-0.2, 0) is 11.2 Å². The molecule has 1 saturated heterocycles. The zero-order valence-corrected chi connectivity index (χ0v) is 18.3. The van der Waals surface area contributed by atoms with Gasteiger partial charge in [-0.3, -0.25) is 9.78 Å². The van der Waals surface area contributed by atoms with Gasteiger partial charge in [-0.1, -0.05) is 25.0 Å². The van der Waals surface area contributed by atoms with E-state index in [0.717, 1.165) is 48.0 Å². The lowest BCUT2D eigenvalue weighted by molar-refractivity contribution is -0.123. The molecule has 0 radical (unpaired) electrons. The number of likely N-dealkylation sites (tertiary alicyclic amines) is 1. The molecule has 1 saturated carbocycles. The van der Waals surface area contributed by atoms with Crippen molar-refractivity contribution in [3.63, 3.8) is 0 Å². The standard InChI is InChI=1S/C26H30N4O/c1-30-10-8-19(9-11-30)25(31)14-26-28-17-21-7-6-20(13-24(21)29-26)23-12-22(15-27-16-23)18-4-2-3-5-18/h6-7,12-13,15-19H,2-5,8-11,14H2,1H3. The Morgan fingerprint density at radius 3 is 2.61 bits per heavy atom. The van der Waals surface area contributed by atoms with Crippen LogP contribution in [0.3, 0.4) is 0 Å². The van der Waals surface area contributed by atoms with Gasteiger partial charge in [-0.15, -0.1) is 0 Å². The Hall–Kier alpha value is -2.66. The van der Waals surface area contributed by atoms with Crippen LogP contribution < -0.4 is 0 Å². The van der Waals surface area contributed by atoms with Crippen LogP contribution in [0.1, 0.15) is 55.8 Å². The lowest BCUT2D eigenvalue weighted by atomic mass is 9.91. The monoisotopic (exact) mass is 414 g/mol. The minimum atomic E-state index is 0.145. The van der Waals surface area contributed by atoms with E-state index in [9.17, 15) is 4.79 Å². The molecule has 5 heteroatoms. The van der Waals surface area contributed by atoms with E-state index >= 15 is 0 Å². The number of Topliss-reactive ketones (excluding diaryl/α,β-unsaturated/α-hetero) is 1. The Bertz CT molecular complexity index is 1080. The highest BCUT2D eigenvalue weighted by molar-refractivity contribution is 5.85. The van der Waals surface area contributed by atoms with Gasteiger partial charge in [0, 0.05) is 35.5 Å². The maximum absolute atomic E-state index is 12.8. The largest absolute Gasteiger partial charge is 0.306 e. The van der Waals surface area contributed by atoms with Crippen molar-refractivity contribution in [1.29, 1.82) is 0 Å². The summed E-state index contributed by atoms with van der Waals surface area (Å²) in [6, 6.07) is 8.58. The quantitative estimate of drug-likeness (QED) is 0.600. The van der Waals surface area contributed by atoms with Crippen LogP contribution in [0.15, 0.2) is 42.9 Å². The molecule has 2 fully saturated rings. The third-order valence-corrected chi connectivity index (χ3v) is 7.06. The van der Waals surface area contributed by atoms with E-state index < -0.39 is 0 Å². The van der Waals surface area contributed by atoms with Gasteiger partial charge in [0.1, 0.15) is 11.6 Å². The first-order valence-corrected chi connectivity index (χ1v) is 11.6. The number of piperidine rings is 1. The van der Waals surface area contributed by atoms with Gasteiger partial charge in [-0.2, -0.15) is 0 Å². The van der Waals surface area contributed by atoms with E-state index in [0.29, 0.717) is 18.2 Å². The summed E-state index contributed by atoms with van der Waals surface area (Å²) >= 11 is 0. The second-order valence-electron chi connectivity index (χ2n) is 9.27. The molecule has 1 aromatic carbocycles. The number of pyridine rings is 1. The topological polar surface area (TPSA) is 59.0 Å². The molecule has 1 aliphatic carbocycles. The number of ketones is 1. The fourth-order valence-corrected chi connectivity index (χ4v) is 5.06. The van der Waals surface area contributed by atoms with Crippen LogP contribution in [0.5, 0.6) is 0 Å². The Morgan fingerprint density at radius 2 is 1.81 bits per heavy atom. The fourth-order valence-electron chi connectivity index (χ4n) is 5.06. The molecule has 3 aromatic rings. The number of hydrogen-bond donors (Lipinski definition) is 0. The van der Waals surface area contributed by atoms with E-state index in [1.54, 1.807) is 0 Å². The Labute approximate surface area is 183 Å². The molecule has 0 unspecified atom stereocenters. The summed E-state index contributed by atoms with van der Waals surface area (Å²) < 4.78 is 0. The van der Waals surface area contributed by atoms with E-state index in [1.807, 2.05) is 18.6 Å². The molecule has 0 bridgehead atoms. The minimum Gasteiger partial charge on any atom is -0.306 e. The molecule has 1 aliphatic heterocycles. The molecule has 5 rings (SSSR count). The van der Waals surface area contributed by atoms with Crippen molar-refractivity contribution in [2.75, 3.05) is 20.1 Å². The lowest BCUT2D eigenvalue weighted by Crippen LogP contribution is -2.34. The normalized spacial score (nSPS) is 18.6. The molecule has 0 spiro atoms. The average Bonchev–Trinajstić information content (AvgIpc) is 3.34. The summed E-state index contributed by atoms with van der Waals surface area (Å²) in [6.45, 7) is 1.98. The highest BCUT2D eigenvalue weighted by Crippen LogP contribution is 2.35. The van der Waals surface area contributed by atoms with Crippen LogP contribution in [-0.4, -0.2) is 45.8 Å². The first kappa shape index (κ1) is 20.3. The van der Waals surface area contributed by atoms with Crippen LogP contribution in [0.2, 0.25) is 0 Å². The second kappa shape index (κ2) is 8.83. The first-order valence-electron chi connectivity index (χ1n) is 11.6. The zero-order valence-electron chi connectivity index (χ0n) is 18.3. The van der Waals surface area contributed by atoms with Gasteiger partial charge < -0.3 is 4.90 Å². The summed E-state index contributed by atoms with van der Waals surface area (Å²) in [7, 11) is 2.11. The molecule has 5 nitrogen and oxygen atoms in total. The predicted molar refractivity (Wildman–Crippen MR) is 123 cm³/mol. The Morgan fingerprint density at radius 1 is 1.00 bits per heavy atom. The van der Waals surface area contributed by atoms with Crippen molar-refractivity contribution in [3.8, 4) is 11.1 Å². The van der Waals surface area contributed by atoms with Gasteiger partial charge >= 0.3 is 0 Å². The predicted octanol–water partition coefficient (Wildman–Crippen LogP) is 4.80. The Kier molecular flexibility index (Phi) is 5.77. The highest BCUT2D eigenvalue weighted by Gasteiger charge is 2.24. The molecule has 2 aliphatic rings. The molecule has 31 heavy (non-hydrogen) atoms. The lowest BCUT2D eigenvalue weighted by Gasteiger charge is -2.27. The molecule has 0 amide bonds. The van der Waals surface area contributed by atoms with Crippen LogP contribution in [0.25, 0.3) is 22.0 Å². The summed E-state index contributed by atoms with van der Waals surface area (Å²) in [4.78, 5) is 28.8. The van der Waals surface area contributed by atoms with Crippen molar-refractivity contribution in [1.82, 2.24) is 19.9 Å². The molecule has 3 heterocycles. The minimum absolute atomic E-state index is 0.145. The number of carbonyl (C=O) groups is 1. The van der Waals surface area contributed by atoms with E-state index in [4.69, 9.17) is 4.98 Å². The smallest absolute Gasteiger partial charge is 0.143 e. The molecule has 0 N–H and O–H groups in total. The number of nitrogens with zero attached hydrogens (tertiary/aromatic N) is 4. The summed E-state index contributed by atoms with van der Waals surface area (Å²) in [6.07, 6.45) is 13.2. The third-order valence-electron chi connectivity index (χ3n) is 7.06. The van der Waals surface area contributed by atoms with Crippen molar-refractivity contribution < 1.29 is 4.79 Å².